The minimum atomic E-state index is 0.0219. The largest absolute Gasteiger partial charge is 0.342 e. The van der Waals surface area contributed by atoms with Crippen LogP contribution in [0.1, 0.15) is 49.9 Å². The Morgan fingerprint density at radius 1 is 1.31 bits per heavy atom. The molecule has 2 amide bonds. The molecule has 1 aromatic heterocycles. The SMILES string of the molecule is C=CCCC(=O)N1CCC[C@]2(CCC(=O)N(Cc3cnc(C)cn3)C2)C1. The fraction of sp³-hybridized carbons (Fsp3) is 0.600. The van der Waals surface area contributed by atoms with Gasteiger partial charge in [-0.3, -0.25) is 19.6 Å². The Bertz CT molecular complexity index is 673. The van der Waals surface area contributed by atoms with Gasteiger partial charge in [-0.1, -0.05) is 6.08 Å². The van der Waals surface area contributed by atoms with Crippen LogP contribution in [0.25, 0.3) is 0 Å². The first-order valence-electron chi connectivity index (χ1n) is 9.45. The molecule has 0 saturated carbocycles. The lowest BCUT2D eigenvalue weighted by Gasteiger charge is -2.48. The van der Waals surface area contributed by atoms with E-state index >= 15 is 0 Å². The number of rotatable bonds is 5. The smallest absolute Gasteiger partial charge is 0.222 e. The van der Waals surface area contributed by atoms with Crippen molar-refractivity contribution in [3.05, 3.63) is 36.4 Å². The number of likely N-dealkylation sites (tertiary alicyclic amines) is 2. The number of aromatic nitrogens is 2. The van der Waals surface area contributed by atoms with E-state index < -0.39 is 0 Å². The topological polar surface area (TPSA) is 66.4 Å². The lowest BCUT2D eigenvalue weighted by molar-refractivity contribution is -0.143. The number of amides is 2. The summed E-state index contributed by atoms with van der Waals surface area (Å²) in [5, 5.41) is 0. The molecule has 3 heterocycles. The average molecular weight is 356 g/mol. The normalized spacial score (nSPS) is 23.3. The summed E-state index contributed by atoms with van der Waals surface area (Å²) in [6, 6.07) is 0. The van der Waals surface area contributed by atoms with Crippen LogP contribution in [0.5, 0.6) is 0 Å². The van der Waals surface area contributed by atoms with Crippen LogP contribution in [0.3, 0.4) is 0 Å². The summed E-state index contributed by atoms with van der Waals surface area (Å²) in [6.45, 7) is 8.38. The molecule has 1 atom stereocenters. The fourth-order valence-corrected chi connectivity index (χ4v) is 4.08. The Balaban J connectivity index is 1.67. The van der Waals surface area contributed by atoms with Gasteiger partial charge in [-0.05, 0) is 32.6 Å². The molecule has 2 aliphatic rings. The van der Waals surface area contributed by atoms with E-state index in [1.165, 1.54) is 0 Å². The number of carbonyl (C=O) groups is 2. The first-order chi connectivity index (χ1) is 12.5. The van der Waals surface area contributed by atoms with Gasteiger partial charge in [0, 0.05) is 44.1 Å². The van der Waals surface area contributed by atoms with Gasteiger partial charge in [0.2, 0.25) is 11.8 Å². The van der Waals surface area contributed by atoms with E-state index in [-0.39, 0.29) is 17.2 Å². The van der Waals surface area contributed by atoms with Gasteiger partial charge in [-0.2, -0.15) is 0 Å². The zero-order valence-electron chi connectivity index (χ0n) is 15.6. The number of carbonyl (C=O) groups excluding carboxylic acids is 2. The van der Waals surface area contributed by atoms with Gasteiger partial charge in [0.1, 0.15) is 0 Å². The Kier molecular flexibility index (Phi) is 5.69. The number of allylic oxidation sites excluding steroid dienone is 1. The van der Waals surface area contributed by atoms with E-state index in [9.17, 15) is 9.59 Å². The number of hydrogen-bond acceptors (Lipinski definition) is 4. The van der Waals surface area contributed by atoms with E-state index in [0.29, 0.717) is 25.9 Å². The van der Waals surface area contributed by atoms with E-state index in [1.807, 2.05) is 16.7 Å². The highest BCUT2D eigenvalue weighted by Gasteiger charge is 2.42. The molecule has 0 unspecified atom stereocenters. The monoisotopic (exact) mass is 356 g/mol. The van der Waals surface area contributed by atoms with Crippen molar-refractivity contribution in [2.75, 3.05) is 19.6 Å². The number of piperidine rings is 2. The Morgan fingerprint density at radius 3 is 2.88 bits per heavy atom. The van der Waals surface area contributed by atoms with Crippen molar-refractivity contribution < 1.29 is 9.59 Å². The van der Waals surface area contributed by atoms with Crippen molar-refractivity contribution in [2.45, 2.75) is 52.0 Å². The summed E-state index contributed by atoms with van der Waals surface area (Å²) in [7, 11) is 0. The molecular weight excluding hydrogens is 328 g/mol. The van der Waals surface area contributed by atoms with Gasteiger partial charge in [0.25, 0.3) is 0 Å². The van der Waals surface area contributed by atoms with Crippen LogP contribution < -0.4 is 0 Å². The van der Waals surface area contributed by atoms with Gasteiger partial charge in [0.05, 0.1) is 24.1 Å². The third-order valence-corrected chi connectivity index (χ3v) is 5.51. The molecule has 1 spiro atoms. The van der Waals surface area contributed by atoms with Crippen molar-refractivity contribution in [3.63, 3.8) is 0 Å². The van der Waals surface area contributed by atoms with Crippen LogP contribution >= 0.6 is 0 Å². The zero-order chi connectivity index (χ0) is 18.6. The molecule has 2 aliphatic heterocycles. The second-order valence-corrected chi connectivity index (χ2v) is 7.65. The molecule has 6 heteroatoms. The molecule has 26 heavy (non-hydrogen) atoms. The van der Waals surface area contributed by atoms with Crippen molar-refractivity contribution in [1.29, 1.82) is 0 Å². The van der Waals surface area contributed by atoms with Gasteiger partial charge in [0.15, 0.2) is 0 Å². The predicted octanol–water partition coefficient (Wildman–Crippen LogP) is 2.48. The number of nitrogens with zero attached hydrogens (tertiary/aromatic N) is 4. The second-order valence-electron chi connectivity index (χ2n) is 7.65. The van der Waals surface area contributed by atoms with Crippen LogP contribution in [0.2, 0.25) is 0 Å². The summed E-state index contributed by atoms with van der Waals surface area (Å²) in [5.41, 5.74) is 1.71. The van der Waals surface area contributed by atoms with Gasteiger partial charge in [-0.25, -0.2) is 0 Å². The highest BCUT2D eigenvalue weighted by Crippen LogP contribution is 2.39. The fourth-order valence-electron chi connectivity index (χ4n) is 4.08. The summed E-state index contributed by atoms with van der Waals surface area (Å²) in [5.74, 6) is 0.380. The van der Waals surface area contributed by atoms with Crippen molar-refractivity contribution in [1.82, 2.24) is 19.8 Å². The quantitative estimate of drug-likeness (QED) is 0.760. The average Bonchev–Trinajstić information content (AvgIpc) is 2.65. The molecular formula is C20H28N4O2. The lowest BCUT2D eigenvalue weighted by Crippen LogP contribution is -2.54. The van der Waals surface area contributed by atoms with Crippen LogP contribution in [0.4, 0.5) is 0 Å². The third kappa shape index (κ3) is 4.29. The van der Waals surface area contributed by atoms with Gasteiger partial charge in [-0.15, -0.1) is 6.58 Å². The van der Waals surface area contributed by atoms with E-state index in [1.54, 1.807) is 18.5 Å². The Labute approximate surface area is 155 Å². The second kappa shape index (κ2) is 7.98. The van der Waals surface area contributed by atoms with Crippen molar-refractivity contribution in [2.24, 2.45) is 5.41 Å². The highest BCUT2D eigenvalue weighted by atomic mass is 16.2. The van der Waals surface area contributed by atoms with Gasteiger partial charge < -0.3 is 9.80 Å². The molecule has 1 aromatic rings. The van der Waals surface area contributed by atoms with Gasteiger partial charge >= 0.3 is 0 Å². The Hall–Kier alpha value is -2.24. The minimum Gasteiger partial charge on any atom is -0.342 e. The van der Waals surface area contributed by atoms with E-state index in [0.717, 1.165) is 50.2 Å². The zero-order valence-corrected chi connectivity index (χ0v) is 15.6. The molecule has 2 saturated heterocycles. The van der Waals surface area contributed by atoms with Crippen LogP contribution in [0, 0.1) is 12.3 Å². The van der Waals surface area contributed by atoms with E-state index in [2.05, 4.69) is 16.5 Å². The summed E-state index contributed by atoms with van der Waals surface area (Å²) >= 11 is 0. The first-order valence-corrected chi connectivity index (χ1v) is 9.45. The minimum absolute atomic E-state index is 0.0219. The number of hydrogen-bond donors (Lipinski definition) is 0. The molecule has 0 N–H and O–H groups in total. The van der Waals surface area contributed by atoms with Crippen LogP contribution in [0.15, 0.2) is 25.0 Å². The Morgan fingerprint density at radius 2 is 2.15 bits per heavy atom. The lowest BCUT2D eigenvalue weighted by atomic mass is 9.73. The van der Waals surface area contributed by atoms with Crippen LogP contribution in [-0.2, 0) is 16.1 Å². The standard InChI is InChI=1S/C20H28N4O2/c1-3-4-6-18(25)23-10-5-8-20(14-23)9-7-19(26)24(15-20)13-17-12-21-16(2)11-22-17/h3,11-12H,1,4-10,13-15H2,2H3/t20-/m0/s1. The summed E-state index contributed by atoms with van der Waals surface area (Å²) in [4.78, 5) is 37.4. The first kappa shape index (κ1) is 18.5. The molecule has 3 rings (SSSR count). The molecule has 6 nitrogen and oxygen atoms in total. The third-order valence-electron chi connectivity index (χ3n) is 5.51. The number of aryl methyl sites for hydroxylation is 1. The molecule has 0 aliphatic carbocycles. The molecule has 0 bridgehead atoms. The van der Waals surface area contributed by atoms with E-state index in [4.69, 9.17) is 0 Å². The molecule has 140 valence electrons. The van der Waals surface area contributed by atoms with Crippen molar-refractivity contribution >= 4 is 11.8 Å². The maximum atomic E-state index is 12.4. The predicted molar refractivity (Wildman–Crippen MR) is 99.1 cm³/mol. The molecule has 0 radical (unpaired) electrons. The van der Waals surface area contributed by atoms with Crippen molar-refractivity contribution in [3.8, 4) is 0 Å². The molecule has 2 fully saturated rings. The summed E-state index contributed by atoms with van der Waals surface area (Å²) in [6.07, 6.45) is 10.0. The van der Waals surface area contributed by atoms with Crippen LogP contribution in [-0.4, -0.2) is 51.2 Å². The summed E-state index contributed by atoms with van der Waals surface area (Å²) < 4.78 is 0. The molecule has 0 aromatic carbocycles. The highest BCUT2D eigenvalue weighted by molar-refractivity contribution is 5.78. The maximum absolute atomic E-state index is 12.4. The maximum Gasteiger partial charge on any atom is 0.222 e.